The van der Waals surface area contributed by atoms with Gasteiger partial charge in [0.25, 0.3) is 0 Å². The summed E-state index contributed by atoms with van der Waals surface area (Å²) in [6.07, 6.45) is 0. The molecule has 0 aliphatic heterocycles. The second kappa shape index (κ2) is 13.6. The summed E-state index contributed by atoms with van der Waals surface area (Å²) >= 11 is 0. The van der Waals surface area contributed by atoms with Crippen molar-refractivity contribution in [1.82, 2.24) is 9.13 Å². The largest absolute Gasteiger partial charge is 0.310 e. The van der Waals surface area contributed by atoms with E-state index in [1.807, 2.05) is 0 Å². The van der Waals surface area contributed by atoms with Crippen LogP contribution in [-0.2, 0) is 0 Å². The van der Waals surface area contributed by atoms with Gasteiger partial charge in [-0.05, 0) is 101 Å². The van der Waals surface area contributed by atoms with Crippen LogP contribution in [0.1, 0.15) is 0 Å². The first-order valence-corrected chi connectivity index (χ1v) is 19.5. The summed E-state index contributed by atoms with van der Waals surface area (Å²) in [5.74, 6) is 0. The molecule has 0 N–H and O–H groups in total. The smallest absolute Gasteiger partial charge is 0.0562 e. The molecule has 3 nitrogen and oxygen atoms in total. The van der Waals surface area contributed by atoms with E-state index < -0.39 is 0 Å². The van der Waals surface area contributed by atoms with Gasteiger partial charge >= 0.3 is 0 Å². The minimum Gasteiger partial charge on any atom is -0.310 e. The maximum atomic E-state index is 2.43. The predicted octanol–water partition coefficient (Wildman–Crippen LogP) is 14.7. The molecule has 0 saturated carbocycles. The minimum atomic E-state index is 1.08. The summed E-state index contributed by atoms with van der Waals surface area (Å²) in [5, 5.41) is 4.91. The molecular formula is C54H37N3. The maximum absolute atomic E-state index is 2.43. The molecule has 0 atom stereocenters. The molecule has 0 aliphatic rings. The van der Waals surface area contributed by atoms with Crippen LogP contribution in [-0.4, -0.2) is 9.13 Å². The predicted molar refractivity (Wildman–Crippen MR) is 241 cm³/mol. The summed E-state index contributed by atoms with van der Waals surface area (Å²) in [7, 11) is 0. The van der Waals surface area contributed by atoms with Crippen molar-refractivity contribution < 1.29 is 0 Å². The molecular weight excluding hydrogens is 691 g/mol. The first-order chi connectivity index (χ1) is 28.3. The average Bonchev–Trinajstić information content (AvgIpc) is 3.80. The Morgan fingerprint density at radius 1 is 0.281 bits per heavy atom. The molecule has 3 heteroatoms. The van der Waals surface area contributed by atoms with Crippen LogP contribution in [0.15, 0.2) is 224 Å². The summed E-state index contributed by atoms with van der Waals surface area (Å²) in [4.78, 5) is 2.42. The Bertz CT molecular complexity index is 3220. The lowest BCUT2D eigenvalue weighted by molar-refractivity contribution is 1.17. The Hall–Kier alpha value is -7.62. The number of hydrogen-bond donors (Lipinski definition) is 0. The molecule has 268 valence electrons. The van der Waals surface area contributed by atoms with Crippen molar-refractivity contribution in [3.8, 4) is 33.6 Å². The van der Waals surface area contributed by atoms with E-state index in [4.69, 9.17) is 0 Å². The fraction of sp³-hybridized carbons (Fsp3) is 0. The first kappa shape index (κ1) is 32.8. The minimum absolute atomic E-state index is 1.08. The standard InChI is InChI=1S/C54H37N3/c1-5-17-38(18-6-1)40-21-15-26-43(35-40)55(44-32-34-51-49(36-44)47-27-13-14-29-50(47)56(51)41-22-9-3-10-23-41)45-31-33-48-53(37-45)57(42-24-11-4-12-25-42)52-30-16-28-46(54(48)52)39-19-7-2-8-20-39/h1-37H. The molecule has 9 aromatic carbocycles. The van der Waals surface area contributed by atoms with E-state index in [1.54, 1.807) is 0 Å². The Labute approximate surface area is 331 Å². The first-order valence-electron chi connectivity index (χ1n) is 19.5. The van der Waals surface area contributed by atoms with Crippen LogP contribution >= 0.6 is 0 Å². The third-order valence-corrected chi connectivity index (χ3v) is 11.3. The zero-order valence-electron chi connectivity index (χ0n) is 31.2. The zero-order chi connectivity index (χ0) is 37.7. The second-order valence-electron chi connectivity index (χ2n) is 14.6. The van der Waals surface area contributed by atoms with Gasteiger partial charge < -0.3 is 14.0 Å². The van der Waals surface area contributed by atoms with Crippen molar-refractivity contribution in [2.45, 2.75) is 0 Å². The molecule has 57 heavy (non-hydrogen) atoms. The molecule has 0 radical (unpaired) electrons. The summed E-state index contributed by atoms with van der Waals surface area (Å²) in [6.45, 7) is 0. The van der Waals surface area contributed by atoms with Crippen molar-refractivity contribution in [2.24, 2.45) is 0 Å². The van der Waals surface area contributed by atoms with Gasteiger partial charge in [0, 0.05) is 50.0 Å². The van der Waals surface area contributed by atoms with E-state index in [0.29, 0.717) is 0 Å². The summed E-state index contributed by atoms with van der Waals surface area (Å²) in [5.41, 5.74) is 15.1. The number of hydrogen-bond acceptors (Lipinski definition) is 1. The average molecular weight is 728 g/mol. The summed E-state index contributed by atoms with van der Waals surface area (Å²) in [6, 6.07) is 81.1. The SMILES string of the molecule is c1ccc(-c2cccc(N(c3ccc4c(c3)c3ccccc3n4-c3ccccc3)c3ccc4c5c(-c6ccccc6)cccc5n(-c5ccccc5)c4c3)c2)cc1. The highest BCUT2D eigenvalue weighted by Crippen LogP contribution is 2.44. The molecule has 11 aromatic rings. The highest BCUT2D eigenvalue weighted by atomic mass is 15.1. The third kappa shape index (κ3) is 5.51. The van der Waals surface area contributed by atoms with Gasteiger partial charge in [0.15, 0.2) is 0 Å². The van der Waals surface area contributed by atoms with Crippen molar-refractivity contribution >= 4 is 60.7 Å². The number of nitrogens with zero attached hydrogens (tertiary/aromatic N) is 3. The molecule has 0 bridgehead atoms. The van der Waals surface area contributed by atoms with Crippen LogP contribution in [0.25, 0.3) is 77.2 Å². The highest BCUT2D eigenvalue weighted by Gasteiger charge is 2.21. The van der Waals surface area contributed by atoms with Gasteiger partial charge in [-0.2, -0.15) is 0 Å². The van der Waals surface area contributed by atoms with Gasteiger partial charge in [0.2, 0.25) is 0 Å². The third-order valence-electron chi connectivity index (χ3n) is 11.3. The van der Waals surface area contributed by atoms with Gasteiger partial charge in [-0.3, -0.25) is 0 Å². The lowest BCUT2D eigenvalue weighted by atomic mass is 9.99. The Morgan fingerprint density at radius 2 is 0.807 bits per heavy atom. The zero-order valence-corrected chi connectivity index (χ0v) is 31.2. The maximum Gasteiger partial charge on any atom is 0.0562 e. The number of fused-ring (bicyclic) bond motifs is 6. The van der Waals surface area contributed by atoms with Crippen LogP contribution in [0.5, 0.6) is 0 Å². The van der Waals surface area contributed by atoms with E-state index in [2.05, 4.69) is 238 Å². The molecule has 0 unspecified atom stereocenters. The van der Waals surface area contributed by atoms with E-state index in [9.17, 15) is 0 Å². The lowest BCUT2D eigenvalue weighted by Gasteiger charge is -2.26. The summed E-state index contributed by atoms with van der Waals surface area (Å²) < 4.78 is 4.80. The molecule has 0 fully saturated rings. The molecule has 0 saturated heterocycles. The molecule has 0 spiro atoms. The topological polar surface area (TPSA) is 13.1 Å². The number of aromatic nitrogens is 2. The van der Waals surface area contributed by atoms with E-state index in [-0.39, 0.29) is 0 Å². The van der Waals surface area contributed by atoms with Crippen molar-refractivity contribution in [1.29, 1.82) is 0 Å². The van der Waals surface area contributed by atoms with Gasteiger partial charge in [-0.25, -0.2) is 0 Å². The normalized spacial score (nSPS) is 11.5. The highest BCUT2D eigenvalue weighted by molar-refractivity contribution is 6.17. The van der Waals surface area contributed by atoms with Crippen molar-refractivity contribution in [3.05, 3.63) is 224 Å². The monoisotopic (exact) mass is 727 g/mol. The van der Waals surface area contributed by atoms with Gasteiger partial charge in [0.1, 0.15) is 0 Å². The molecule has 0 amide bonds. The molecule has 11 rings (SSSR count). The van der Waals surface area contributed by atoms with Crippen LogP contribution in [0.4, 0.5) is 17.1 Å². The van der Waals surface area contributed by atoms with Crippen molar-refractivity contribution in [2.75, 3.05) is 4.90 Å². The molecule has 2 heterocycles. The Kier molecular flexibility index (Phi) is 7.82. The van der Waals surface area contributed by atoms with E-state index >= 15 is 0 Å². The number of benzene rings is 9. The van der Waals surface area contributed by atoms with Crippen molar-refractivity contribution in [3.63, 3.8) is 0 Å². The Balaban J connectivity index is 1.18. The number of anilines is 3. The van der Waals surface area contributed by atoms with Gasteiger partial charge in [-0.1, -0.05) is 146 Å². The van der Waals surface area contributed by atoms with Crippen LogP contribution in [0.3, 0.4) is 0 Å². The number of rotatable bonds is 7. The van der Waals surface area contributed by atoms with Gasteiger partial charge in [0.05, 0.1) is 22.1 Å². The quantitative estimate of drug-likeness (QED) is 0.159. The van der Waals surface area contributed by atoms with Crippen LogP contribution in [0, 0.1) is 0 Å². The van der Waals surface area contributed by atoms with Gasteiger partial charge in [-0.15, -0.1) is 0 Å². The fourth-order valence-corrected chi connectivity index (χ4v) is 8.77. The molecule has 0 aliphatic carbocycles. The van der Waals surface area contributed by atoms with E-state index in [1.165, 1.54) is 60.3 Å². The second-order valence-corrected chi connectivity index (χ2v) is 14.6. The molecule has 2 aromatic heterocycles. The Morgan fingerprint density at radius 3 is 1.54 bits per heavy atom. The van der Waals surface area contributed by atoms with E-state index in [0.717, 1.165) is 34.0 Å². The fourth-order valence-electron chi connectivity index (χ4n) is 8.77. The van der Waals surface area contributed by atoms with Crippen LogP contribution in [0.2, 0.25) is 0 Å². The number of para-hydroxylation sites is 3. The van der Waals surface area contributed by atoms with Crippen LogP contribution < -0.4 is 4.90 Å². The lowest BCUT2D eigenvalue weighted by Crippen LogP contribution is -2.10.